The van der Waals surface area contributed by atoms with E-state index in [0.29, 0.717) is 6.61 Å². The molecule has 0 saturated heterocycles. The van der Waals surface area contributed by atoms with Crippen LogP contribution < -0.4 is 4.74 Å². The van der Waals surface area contributed by atoms with Gasteiger partial charge in [0.1, 0.15) is 5.75 Å². The molecule has 3 nitrogen and oxygen atoms in total. The number of carbonyl (C=O) groups is 1. The quantitative estimate of drug-likeness (QED) is 0.871. The first-order chi connectivity index (χ1) is 8.04. The summed E-state index contributed by atoms with van der Waals surface area (Å²) in [4.78, 5) is 10.9. The fourth-order valence-electron chi connectivity index (χ4n) is 2.33. The summed E-state index contributed by atoms with van der Waals surface area (Å²) < 4.78 is 5.53. The average molecular weight is 234 g/mol. The minimum atomic E-state index is -0.680. The molecule has 92 valence electrons. The lowest BCUT2D eigenvalue weighted by Crippen LogP contribution is -2.01. The number of hydrogen-bond acceptors (Lipinski definition) is 2. The maximum Gasteiger partial charge on any atom is 0.307 e. The van der Waals surface area contributed by atoms with E-state index in [0.717, 1.165) is 23.3 Å². The van der Waals surface area contributed by atoms with Crippen LogP contribution in [0.5, 0.6) is 5.75 Å². The number of ether oxygens (including phenoxy) is 1. The third-order valence-corrected chi connectivity index (χ3v) is 3.37. The maximum absolute atomic E-state index is 10.9. The molecule has 2 unspecified atom stereocenters. The van der Waals surface area contributed by atoms with Crippen molar-refractivity contribution < 1.29 is 14.6 Å². The Kier molecular flexibility index (Phi) is 3.09. The van der Waals surface area contributed by atoms with Crippen molar-refractivity contribution in [3.8, 4) is 5.75 Å². The molecule has 17 heavy (non-hydrogen) atoms. The van der Waals surface area contributed by atoms with E-state index in [1.807, 2.05) is 26.8 Å². The molecule has 0 heterocycles. The molecule has 2 rings (SSSR count). The van der Waals surface area contributed by atoms with Crippen LogP contribution in [0, 0.1) is 19.8 Å². The molecule has 1 saturated carbocycles. The van der Waals surface area contributed by atoms with Crippen molar-refractivity contribution in [2.45, 2.75) is 33.1 Å². The van der Waals surface area contributed by atoms with Gasteiger partial charge in [-0.1, -0.05) is 6.07 Å². The zero-order chi connectivity index (χ0) is 12.6. The highest BCUT2D eigenvalue weighted by Crippen LogP contribution is 2.49. The summed E-state index contributed by atoms with van der Waals surface area (Å²) >= 11 is 0. The van der Waals surface area contributed by atoms with Crippen molar-refractivity contribution in [1.29, 1.82) is 0 Å². The first-order valence-electron chi connectivity index (χ1n) is 6.01. The van der Waals surface area contributed by atoms with E-state index in [1.54, 1.807) is 0 Å². The molecule has 1 aromatic carbocycles. The lowest BCUT2D eigenvalue weighted by atomic mass is 9.99. The number of benzene rings is 1. The summed E-state index contributed by atoms with van der Waals surface area (Å²) in [6.07, 6.45) is 0.767. The van der Waals surface area contributed by atoms with Crippen molar-refractivity contribution >= 4 is 5.97 Å². The molecular formula is C14H18O3. The Balaban J connectivity index is 2.25. The van der Waals surface area contributed by atoms with Crippen LogP contribution in [0.25, 0.3) is 0 Å². The van der Waals surface area contributed by atoms with Gasteiger partial charge in [-0.15, -0.1) is 0 Å². The zero-order valence-corrected chi connectivity index (χ0v) is 10.5. The number of carboxylic acids is 1. The van der Waals surface area contributed by atoms with Gasteiger partial charge in [-0.3, -0.25) is 4.79 Å². The van der Waals surface area contributed by atoms with Gasteiger partial charge in [0, 0.05) is 0 Å². The SMILES string of the molecule is CCOc1cc(C)c(C2CC2C(=O)O)cc1C. The van der Waals surface area contributed by atoms with Crippen molar-refractivity contribution in [2.75, 3.05) is 6.61 Å². The molecule has 3 heteroatoms. The van der Waals surface area contributed by atoms with E-state index >= 15 is 0 Å². The average Bonchev–Trinajstić information content (AvgIpc) is 3.03. The van der Waals surface area contributed by atoms with Crippen LogP contribution in [0.15, 0.2) is 12.1 Å². The standard InChI is InChI=1S/C14H18O3/c1-4-17-13-6-8(2)10(5-9(13)3)11-7-12(11)14(15)16/h5-6,11-12H,4,7H2,1-3H3,(H,15,16). The predicted molar refractivity (Wildman–Crippen MR) is 65.6 cm³/mol. The van der Waals surface area contributed by atoms with Crippen molar-refractivity contribution in [3.63, 3.8) is 0 Å². The second kappa shape index (κ2) is 4.40. The van der Waals surface area contributed by atoms with Gasteiger partial charge in [0.2, 0.25) is 0 Å². The third-order valence-electron chi connectivity index (χ3n) is 3.37. The highest BCUT2D eigenvalue weighted by molar-refractivity contribution is 5.75. The normalized spacial score (nSPS) is 22.3. The number of aliphatic carboxylic acids is 1. The van der Waals surface area contributed by atoms with Gasteiger partial charge in [-0.2, -0.15) is 0 Å². The molecule has 0 aliphatic heterocycles. The van der Waals surface area contributed by atoms with Crippen molar-refractivity contribution in [1.82, 2.24) is 0 Å². The van der Waals surface area contributed by atoms with E-state index in [-0.39, 0.29) is 11.8 Å². The molecule has 1 aromatic rings. The first kappa shape index (κ1) is 12.0. The number of hydrogen-bond donors (Lipinski definition) is 1. The minimum Gasteiger partial charge on any atom is -0.494 e. The van der Waals surface area contributed by atoms with Gasteiger partial charge >= 0.3 is 5.97 Å². The van der Waals surface area contributed by atoms with E-state index in [4.69, 9.17) is 9.84 Å². The van der Waals surface area contributed by atoms with Crippen molar-refractivity contribution in [2.24, 2.45) is 5.92 Å². The lowest BCUT2D eigenvalue weighted by Gasteiger charge is -2.12. The molecule has 1 aliphatic rings. The minimum absolute atomic E-state index is 0.189. The van der Waals surface area contributed by atoms with Gasteiger partial charge in [0.05, 0.1) is 12.5 Å². The van der Waals surface area contributed by atoms with Crippen LogP contribution in [-0.2, 0) is 4.79 Å². The Morgan fingerprint density at radius 2 is 2.12 bits per heavy atom. The monoisotopic (exact) mass is 234 g/mol. The first-order valence-corrected chi connectivity index (χ1v) is 6.01. The topological polar surface area (TPSA) is 46.5 Å². The number of rotatable bonds is 4. The highest BCUT2D eigenvalue weighted by Gasteiger charge is 2.44. The van der Waals surface area contributed by atoms with Gasteiger partial charge in [0.15, 0.2) is 0 Å². The fourth-order valence-corrected chi connectivity index (χ4v) is 2.33. The Morgan fingerprint density at radius 3 is 2.65 bits per heavy atom. The molecule has 2 atom stereocenters. The van der Waals surface area contributed by atoms with Crippen LogP contribution >= 0.6 is 0 Å². The van der Waals surface area contributed by atoms with Gasteiger partial charge in [0.25, 0.3) is 0 Å². The summed E-state index contributed by atoms with van der Waals surface area (Å²) in [5.41, 5.74) is 3.38. The second-order valence-corrected chi connectivity index (χ2v) is 4.69. The second-order valence-electron chi connectivity index (χ2n) is 4.69. The van der Waals surface area contributed by atoms with Crippen LogP contribution in [0.1, 0.15) is 36.0 Å². The molecule has 0 amide bonds. The Labute approximate surface area is 101 Å². The fraction of sp³-hybridized carbons (Fsp3) is 0.500. The lowest BCUT2D eigenvalue weighted by molar-refractivity contribution is -0.138. The molecule has 0 spiro atoms. The molecule has 1 fully saturated rings. The zero-order valence-electron chi connectivity index (χ0n) is 10.5. The number of aryl methyl sites for hydroxylation is 2. The van der Waals surface area contributed by atoms with Gasteiger partial charge in [-0.05, 0) is 55.9 Å². The van der Waals surface area contributed by atoms with E-state index in [2.05, 4.69) is 6.07 Å². The summed E-state index contributed by atoms with van der Waals surface area (Å²) in [5, 5.41) is 8.96. The molecule has 0 aromatic heterocycles. The van der Waals surface area contributed by atoms with E-state index in [1.165, 1.54) is 5.56 Å². The smallest absolute Gasteiger partial charge is 0.307 e. The number of carboxylic acid groups (broad SMARTS) is 1. The maximum atomic E-state index is 10.9. The summed E-state index contributed by atoms with van der Waals surface area (Å²) in [5.74, 6) is 0.232. The summed E-state index contributed by atoms with van der Waals surface area (Å²) in [7, 11) is 0. The summed E-state index contributed by atoms with van der Waals surface area (Å²) in [6.45, 7) is 6.64. The molecule has 0 radical (unpaired) electrons. The van der Waals surface area contributed by atoms with Gasteiger partial charge in [-0.25, -0.2) is 0 Å². The Hall–Kier alpha value is -1.51. The highest BCUT2D eigenvalue weighted by atomic mass is 16.5. The van der Waals surface area contributed by atoms with E-state index < -0.39 is 5.97 Å². The predicted octanol–water partition coefficient (Wildman–Crippen LogP) is 2.89. The summed E-state index contributed by atoms with van der Waals surface area (Å²) in [6, 6.07) is 4.10. The molecule has 1 N–H and O–H groups in total. The third kappa shape index (κ3) is 2.28. The molecule has 1 aliphatic carbocycles. The van der Waals surface area contributed by atoms with E-state index in [9.17, 15) is 4.79 Å². The van der Waals surface area contributed by atoms with Crippen LogP contribution in [0.4, 0.5) is 0 Å². The largest absolute Gasteiger partial charge is 0.494 e. The van der Waals surface area contributed by atoms with Crippen LogP contribution in [0.3, 0.4) is 0 Å². The van der Waals surface area contributed by atoms with Crippen molar-refractivity contribution in [3.05, 3.63) is 28.8 Å². The Bertz CT molecular complexity index is 451. The van der Waals surface area contributed by atoms with Crippen LogP contribution in [-0.4, -0.2) is 17.7 Å². The molecular weight excluding hydrogens is 216 g/mol. The Morgan fingerprint density at radius 1 is 1.41 bits per heavy atom. The van der Waals surface area contributed by atoms with Crippen LogP contribution in [0.2, 0.25) is 0 Å². The van der Waals surface area contributed by atoms with Gasteiger partial charge < -0.3 is 9.84 Å². The molecule has 0 bridgehead atoms.